The van der Waals surface area contributed by atoms with Crippen LogP contribution < -0.4 is 0 Å². The van der Waals surface area contributed by atoms with Crippen LogP contribution in [0.2, 0.25) is 0 Å². The molecule has 1 amide bonds. The fraction of sp³-hybridized carbons (Fsp3) is 0.462. The number of aliphatic hydroxyl groups is 1. The van der Waals surface area contributed by atoms with E-state index in [1.54, 1.807) is 6.92 Å². The molecule has 114 valence electrons. The SMILES string of the molecule is CC1CN(C(=O)c2ccc(F)cc2[N+](=O)[O-])CC(CO)O1. The van der Waals surface area contributed by atoms with Gasteiger partial charge in [0, 0.05) is 13.1 Å². The molecule has 7 nitrogen and oxygen atoms in total. The number of aliphatic hydroxyl groups excluding tert-OH is 1. The maximum absolute atomic E-state index is 13.1. The monoisotopic (exact) mass is 298 g/mol. The topological polar surface area (TPSA) is 92.9 Å². The molecule has 1 aromatic carbocycles. The quantitative estimate of drug-likeness (QED) is 0.662. The fourth-order valence-electron chi connectivity index (χ4n) is 2.32. The van der Waals surface area contributed by atoms with Gasteiger partial charge in [0.25, 0.3) is 11.6 Å². The Labute approximate surface area is 120 Å². The number of hydrogen-bond donors (Lipinski definition) is 1. The molecule has 21 heavy (non-hydrogen) atoms. The molecule has 1 heterocycles. The lowest BCUT2D eigenvalue weighted by Gasteiger charge is -2.36. The molecule has 0 bridgehead atoms. The van der Waals surface area contributed by atoms with E-state index in [-0.39, 0.29) is 31.4 Å². The molecule has 1 saturated heterocycles. The van der Waals surface area contributed by atoms with E-state index < -0.39 is 28.4 Å². The van der Waals surface area contributed by atoms with Gasteiger partial charge in [-0.2, -0.15) is 0 Å². The van der Waals surface area contributed by atoms with Crippen molar-refractivity contribution in [3.8, 4) is 0 Å². The number of carbonyl (C=O) groups is 1. The summed E-state index contributed by atoms with van der Waals surface area (Å²) in [4.78, 5) is 23.9. The Morgan fingerprint density at radius 2 is 2.29 bits per heavy atom. The summed E-state index contributed by atoms with van der Waals surface area (Å²) < 4.78 is 18.5. The number of halogens is 1. The van der Waals surface area contributed by atoms with Crippen molar-refractivity contribution >= 4 is 11.6 Å². The number of hydrogen-bond acceptors (Lipinski definition) is 5. The zero-order valence-corrected chi connectivity index (χ0v) is 11.4. The molecular weight excluding hydrogens is 283 g/mol. The van der Waals surface area contributed by atoms with Gasteiger partial charge in [0.2, 0.25) is 0 Å². The third-order valence-electron chi connectivity index (χ3n) is 3.20. The molecular formula is C13H15FN2O5. The molecule has 0 spiro atoms. The van der Waals surface area contributed by atoms with Crippen LogP contribution in [-0.2, 0) is 4.74 Å². The van der Waals surface area contributed by atoms with Crippen LogP contribution in [0.4, 0.5) is 10.1 Å². The highest BCUT2D eigenvalue weighted by molar-refractivity contribution is 5.98. The number of rotatable bonds is 3. The van der Waals surface area contributed by atoms with Crippen molar-refractivity contribution < 1.29 is 24.0 Å². The van der Waals surface area contributed by atoms with Gasteiger partial charge in [0.1, 0.15) is 11.4 Å². The summed E-state index contributed by atoms with van der Waals surface area (Å²) >= 11 is 0. The van der Waals surface area contributed by atoms with Gasteiger partial charge in [-0.1, -0.05) is 0 Å². The van der Waals surface area contributed by atoms with Crippen molar-refractivity contribution in [3.63, 3.8) is 0 Å². The molecule has 1 aliphatic rings. The lowest BCUT2D eigenvalue weighted by atomic mass is 10.1. The predicted octanol–water partition coefficient (Wildman–Crippen LogP) is 0.956. The first kappa shape index (κ1) is 15.3. The molecule has 0 aliphatic carbocycles. The lowest BCUT2D eigenvalue weighted by Crippen LogP contribution is -2.50. The van der Waals surface area contributed by atoms with E-state index in [2.05, 4.69) is 0 Å². The average molecular weight is 298 g/mol. The molecule has 0 radical (unpaired) electrons. The molecule has 8 heteroatoms. The lowest BCUT2D eigenvalue weighted by molar-refractivity contribution is -0.385. The summed E-state index contributed by atoms with van der Waals surface area (Å²) in [5.41, 5.74) is -0.744. The van der Waals surface area contributed by atoms with Gasteiger partial charge < -0.3 is 14.7 Å². The number of nitro groups is 1. The van der Waals surface area contributed by atoms with E-state index in [4.69, 9.17) is 9.84 Å². The van der Waals surface area contributed by atoms with E-state index in [0.29, 0.717) is 0 Å². The van der Waals surface area contributed by atoms with Crippen LogP contribution in [-0.4, -0.2) is 52.7 Å². The summed E-state index contributed by atoms with van der Waals surface area (Å²) in [7, 11) is 0. The Kier molecular flexibility index (Phi) is 4.49. The highest BCUT2D eigenvalue weighted by atomic mass is 19.1. The van der Waals surface area contributed by atoms with Gasteiger partial charge in [-0.05, 0) is 19.1 Å². The second kappa shape index (κ2) is 6.15. The number of nitro benzene ring substituents is 1. The molecule has 0 saturated carbocycles. The summed E-state index contributed by atoms with van der Waals surface area (Å²) in [6, 6.07) is 2.83. The predicted molar refractivity (Wildman–Crippen MR) is 70.4 cm³/mol. The van der Waals surface area contributed by atoms with Gasteiger partial charge in [0.15, 0.2) is 0 Å². The van der Waals surface area contributed by atoms with Gasteiger partial charge >= 0.3 is 0 Å². The smallest absolute Gasteiger partial charge is 0.285 e. The van der Waals surface area contributed by atoms with Crippen molar-refractivity contribution in [2.75, 3.05) is 19.7 Å². The van der Waals surface area contributed by atoms with E-state index >= 15 is 0 Å². The number of nitrogens with zero attached hydrogens (tertiary/aromatic N) is 2. The largest absolute Gasteiger partial charge is 0.394 e. The third-order valence-corrected chi connectivity index (χ3v) is 3.20. The van der Waals surface area contributed by atoms with Crippen molar-refractivity contribution in [1.82, 2.24) is 4.90 Å². The number of amides is 1. The second-order valence-electron chi connectivity index (χ2n) is 4.88. The molecule has 2 unspecified atom stereocenters. The summed E-state index contributed by atoms with van der Waals surface area (Å²) in [5, 5.41) is 20.1. The second-order valence-corrected chi connectivity index (χ2v) is 4.88. The summed E-state index contributed by atoms with van der Waals surface area (Å²) in [6.45, 7) is 1.87. The van der Waals surface area contributed by atoms with Crippen molar-refractivity contribution in [3.05, 3.63) is 39.7 Å². The third kappa shape index (κ3) is 3.34. The zero-order valence-electron chi connectivity index (χ0n) is 11.4. The Hall–Kier alpha value is -2.06. The molecule has 2 rings (SSSR count). The summed E-state index contributed by atoms with van der Waals surface area (Å²) in [5.74, 6) is -1.35. The maximum Gasteiger partial charge on any atom is 0.285 e. The van der Waals surface area contributed by atoms with Gasteiger partial charge in [-0.15, -0.1) is 0 Å². The summed E-state index contributed by atoms with van der Waals surface area (Å²) in [6.07, 6.45) is -0.823. The van der Waals surface area contributed by atoms with Crippen LogP contribution >= 0.6 is 0 Å². The van der Waals surface area contributed by atoms with Crippen LogP contribution in [0.3, 0.4) is 0 Å². The highest BCUT2D eigenvalue weighted by Crippen LogP contribution is 2.23. The molecule has 0 aromatic heterocycles. The highest BCUT2D eigenvalue weighted by Gasteiger charge is 2.31. The minimum atomic E-state index is -0.788. The van der Waals surface area contributed by atoms with Crippen molar-refractivity contribution in [2.24, 2.45) is 0 Å². The van der Waals surface area contributed by atoms with Crippen molar-refractivity contribution in [1.29, 1.82) is 0 Å². The number of carbonyl (C=O) groups excluding carboxylic acids is 1. The Morgan fingerprint density at radius 1 is 1.57 bits per heavy atom. The van der Waals surface area contributed by atoms with Crippen LogP contribution in [0.15, 0.2) is 18.2 Å². The first-order valence-electron chi connectivity index (χ1n) is 6.42. The van der Waals surface area contributed by atoms with Crippen LogP contribution in [0, 0.1) is 15.9 Å². The molecule has 1 aliphatic heterocycles. The van der Waals surface area contributed by atoms with Gasteiger partial charge in [-0.25, -0.2) is 4.39 Å². The van der Waals surface area contributed by atoms with Crippen LogP contribution in [0.1, 0.15) is 17.3 Å². The van der Waals surface area contributed by atoms with Crippen LogP contribution in [0.5, 0.6) is 0 Å². The molecule has 2 atom stereocenters. The molecule has 1 N–H and O–H groups in total. The molecule has 1 fully saturated rings. The number of ether oxygens (including phenoxy) is 1. The van der Waals surface area contributed by atoms with E-state index in [1.807, 2.05) is 0 Å². The Bertz CT molecular complexity index is 565. The average Bonchev–Trinajstić information content (AvgIpc) is 2.45. The normalized spacial score (nSPS) is 22.1. The minimum Gasteiger partial charge on any atom is -0.394 e. The van der Waals surface area contributed by atoms with Gasteiger partial charge in [-0.3, -0.25) is 14.9 Å². The van der Waals surface area contributed by atoms with E-state index in [0.717, 1.165) is 18.2 Å². The first-order chi connectivity index (χ1) is 9.92. The zero-order chi connectivity index (χ0) is 15.6. The van der Waals surface area contributed by atoms with Crippen molar-refractivity contribution in [2.45, 2.75) is 19.1 Å². The Morgan fingerprint density at radius 3 is 2.90 bits per heavy atom. The number of morpholine rings is 1. The van der Waals surface area contributed by atoms with E-state index in [1.165, 1.54) is 4.90 Å². The first-order valence-corrected chi connectivity index (χ1v) is 6.42. The van der Waals surface area contributed by atoms with E-state index in [9.17, 15) is 19.3 Å². The van der Waals surface area contributed by atoms with Crippen LogP contribution in [0.25, 0.3) is 0 Å². The minimum absolute atomic E-state index is 0.133. The Balaban J connectivity index is 2.29. The fourth-order valence-corrected chi connectivity index (χ4v) is 2.32. The van der Waals surface area contributed by atoms with Gasteiger partial charge in [0.05, 0.1) is 29.8 Å². The number of benzene rings is 1. The molecule has 1 aromatic rings. The maximum atomic E-state index is 13.1. The standard InChI is InChI=1S/C13H15FN2O5/c1-8-5-15(6-10(7-17)21-8)13(18)11-3-2-9(14)4-12(11)16(19)20/h2-4,8,10,17H,5-7H2,1H3.